The third kappa shape index (κ3) is 4.78. The van der Waals surface area contributed by atoms with E-state index in [0.717, 1.165) is 5.56 Å². The molecule has 0 atom stereocenters. The van der Waals surface area contributed by atoms with Gasteiger partial charge >= 0.3 is 0 Å². The van der Waals surface area contributed by atoms with Crippen LogP contribution in [-0.2, 0) is 16.4 Å². The molecule has 0 unspecified atom stereocenters. The number of nitrogens with zero attached hydrogens (tertiary/aromatic N) is 3. The van der Waals surface area contributed by atoms with Gasteiger partial charge in [-0.3, -0.25) is 9.89 Å². The third-order valence-electron chi connectivity index (χ3n) is 5.12. The standard InChI is InChI=1S/C22H26Cl2N4O3S/c1-13(2)28(14(3)4)32(30,31)18-8-9-21(25-12-18)27-22(29)19(15(5)26-27)10-16-6-7-17(23)11-20(16)24/h6-9,11-14,26H,10H2,1-5H3. The molecule has 0 aliphatic carbocycles. The van der Waals surface area contributed by atoms with Crippen LogP contribution < -0.4 is 5.56 Å². The molecule has 2 aromatic heterocycles. The molecule has 0 fully saturated rings. The van der Waals surface area contributed by atoms with Crippen LogP contribution in [0.3, 0.4) is 0 Å². The molecule has 3 aromatic rings. The lowest BCUT2D eigenvalue weighted by molar-refractivity contribution is 0.302. The quantitative estimate of drug-likeness (QED) is 0.518. The summed E-state index contributed by atoms with van der Waals surface area (Å²) in [7, 11) is -3.71. The van der Waals surface area contributed by atoms with Gasteiger partial charge in [-0.25, -0.2) is 18.1 Å². The van der Waals surface area contributed by atoms with Gasteiger partial charge in [-0.2, -0.15) is 4.31 Å². The first kappa shape index (κ1) is 24.5. The van der Waals surface area contributed by atoms with Crippen molar-refractivity contribution in [3.8, 4) is 5.82 Å². The van der Waals surface area contributed by atoms with Gasteiger partial charge in [0.05, 0.1) is 0 Å². The Balaban J connectivity index is 1.95. The zero-order valence-electron chi connectivity index (χ0n) is 18.6. The molecular formula is C22H26Cl2N4O3S. The lowest BCUT2D eigenvalue weighted by Gasteiger charge is -2.29. The summed E-state index contributed by atoms with van der Waals surface area (Å²) >= 11 is 12.2. The summed E-state index contributed by atoms with van der Waals surface area (Å²) in [5.41, 5.74) is 1.71. The minimum Gasteiger partial charge on any atom is -0.294 e. The summed E-state index contributed by atoms with van der Waals surface area (Å²) in [6.45, 7) is 9.10. The van der Waals surface area contributed by atoms with Crippen LogP contribution in [0, 0.1) is 6.92 Å². The number of rotatable bonds is 7. The van der Waals surface area contributed by atoms with Crippen molar-refractivity contribution in [2.75, 3.05) is 0 Å². The van der Waals surface area contributed by atoms with Crippen LogP contribution in [0.2, 0.25) is 10.0 Å². The summed E-state index contributed by atoms with van der Waals surface area (Å²) in [5, 5.41) is 4.02. The van der Waals surface area contributed by atoms with Crippen molar-refractivity contribution in [1.82, 2.24) is 19.1 Å². The second-order valence-corrected chi connectivity index (χ2v) is 10.8. The molecule has 0 bridgehead atoms. The predicted molar refractivity (Wildman–Crippen MR) is 127 cm³/mol. The molecule has 1 N–H and O–H groups in total. The molecule has 0 saturated carbocycles. The van der Waals surface area contributed by atoms with Gasteiger partial charge in [0.2, 0.25) is 10.0 Å². The lowest BCUT2D eigenvalue weighted by Crippen LogP contribution is -2.41. The fraction of sp³-hybridized carbons (Fsp3) is 0.364. The number of aromatic amines is 1. The lowest BCUT2D eigenvalue weighted by atomic mass is 10.1. The zero-order valence-corrected chi connectivity index (χ0v) is 20.9. The molecule has 10 heteroatoms. The van der Waals surface area contributed by atoms with E-state index in [1.54, 1.807) is 25.1 Å². The first-order valence-electron chi connectivity index (χ1n) is 10.2. The van der Waals surface area contributed by atoms with Crippen LogP contribution in [0.25, 0.3) is 5.82 Å². The fourth-order valence-electron chi connectivity index (χ4n) is 3.74. The topological polar surface area (TPSA) is 88.1 Å². The van der Waals surface area contributed by atoms with Gasteiger partial charge in [-0.15, -0.1) is 0 Å². The largest absolute Gasteiger partial charge is 0.294 e. The van der Waals surface area contributed by atoms with Gasteiger partial charge in [-0.1, -0.05) is 29.3 Å². The Labute approximate surface area is 198 Å². The molecule has 0 aliphatic rings. The van der Waals surface area contributed by atoms with Crippen LogP contribution in [0.1, 0.15) is 44.5 Å². The van der Waals surface area contributed by atoms with Gasteiger partial charge in [0.15, 0.2) is 5.82 Å². The molecular weight excluding hydrogens is 471 g/mol. The van der Waals surface area contributed by atoms with Gasteiger partial charge in [0.25, 0.3) is 5.56 Å². The van der Waals surface area contributed by atoms with E-state index in [2.05, 4.69) is 10.1 Å². The van der Waals surface area contributed by atoms with E-state index in [1.165, 1.54) is 27.3 Å². The van der Waals surface area contributed by atoms with Crippen molar-refractivity contribution in [2.24, 2.45) is 0 Å². The van der Waals surface area contributed by atoms with Crippen molar-refractivity contribution in [2.45, 2.75) is 58.0 Å². The first-order valence-corrected chi connectivity index (χ1v) is 12.4. The number of nitrogens with one attached hydrogen (secondary N) is 1. The average molecular weight is 497 g/mol. The second kappa shape index (κ2) is 9.39. The Kier molecular flexibility index (Phi) is 7.19. The SMILES string of the molecule is Cc1[nH]n(-c2ccc(S(=O)(=O)N(C(C)C)C(C)C)cn2)c(=O)c1Cc1ccc(Cl)cc1Cl. The van der Waals surface area contributed by atoms with E-state index in [-0.39, 0.29) is 22.5 Å². The summed E-state index contributed by atoms with van der Waals surface area (Å²) in [6.07, 6.45) is 1.61. The number of hydrogen-bond acceptors (Lipinski definition) is 4. The van der Waals surface area contributed by atoms with E-state index in [0.29, 0.717) is 33.5 Å². The zero-order chi connectivity index (χ0) is 23.8. The molecule has 1 aromatic carbocycles. The normalized spacial score (nSPS) is 12.3. The van der Waals surface area contributed by atoms with E-state index in [1.807, 2.05) is 27.7 Å². The van der Waals surface area contributed by atoms with Crippen LogP contribution in [-0.4, -0.2) is 39.6 Å². The molecule has 0 saturated heterocycles. The van der Waals surface area contributed by atoms with E-state index < -0.39 is 10.0 Å². The Morgan fingerprint density at radius 2 is 1.75 bits per heavy atom. The maximum atomic E-state index is 13.0. The summed E-state index contributed by atoms with van der Waals surface area (Å²) in [4.78, 5) is 17.4. The second-order valence-electron chi connectivity index (χ2n) is 8.14. The van der Waals surface area contributed by atoms with Gasteiger partial charge < -0.3 is 0 Å². The molecule has 0 aliphatic heterocycles. The summed E-state index contributed by atoms with van der Waals surface area (Å²) < 4.78 is 28.8. The smallest absolute Gasteiger partial charge is 0.276 e. The number of pyridine rings is 1. The molecule has 2 heterocycles. The molecule has 0 radical (unpaired) electrons. The predicted octanol–water partition coefficient (Wildman–Crippen LogP) is 4.57. The third-order valence-corrected chi connectivity index (χ3v) is 7.94. The molecule has 0 spiro atoms. The summed E-state index contributed by atoms with van der Waals surface area (Å²) in [6, 6.07) is 7.73. The van der Waals surface area contributed by atoms with E-state index in [4.69, 9.17) is 23.2 Å². The minimum absolute atomic E-state index is 0.0770. The minimum atomic E-state index is -3.71. The van der Waals surface area contributed by atoms with E-state index >= 15 is 0 Å². The van der Waals surface area contributed by atoms with Crippen molar-refractivity contribution in [3.63, 3.8) is 0 Å². The Morgan fingerprint density at radius 1 is 1.09 bits per heavy atom. The highest BCUT2D eigenvalue weighted by molar-refractivity contribution is 7.89. The Morgan fingerprint density at radius 3 is 2.28 bits per heavy atom. The number of halogens is 2. The maximum absolute atomic E-state index is 13.0. The van der Waals surface area contributed by atoms with Gasteiger partial charge in [-0.05, 0) is 64.4 Å². The molecule has 3 rings (SSSR count). The van der Waals surface area contributed by atoms with Crippen molar-refractivity contribution >= 4 is 33.2 Å². The van der Waals surface area contributed by atoms with Gasteiger partial charge in [0, 0.05) is 46.0 Å². The number of aryl methyl sites for hydroxylation is 1. The monoisotopic (exact) mass is 496 g/mol. The fourth-order valence-corrected chi connectivity index (χ4v) is 5.99. The average Bonchev–Trinajstić information content (AvgIpc) is 2.97. The van der Waals surface area contributed by atoms with E-state index in [9.17, 15) is 13.2 Å². The molecule has 0 amide bonds. The van der Waals surface area contributed by atoms with Crippen LogP contribution in [0.4, 0.5) is 0 Å². The van der Waals surface area contributed by atoms with Crippen LogP contribution in [0.15, 0.2) is 46.2 Å². The Bertz CT molecular complexity index is 1270. The number of sulfonamides is 1. The first-order chi connectivity index (χ1) is 14.9. The van der Waals surface area contributed by atoms with Crippen molar-refractivity contribution in [1.29, 1.82) is 0 Å². The van der Waals surface area contributed by atoms with Gasteiger partial charge in [0.1, 0.15) is 4.90 Å². The van der Waals surface area contributed by atoms with Crippen LogP contribution >= 0.6 is 23.2 Å². The number of benzene rings is 1. The van der Waals surface area contributed by atoms with Crippen molar-refractivity contribution < 1.29 is 8.42 Å². The highest BCUT2D eigenvalue weighted by Crippen LogP contribution is 2.24. The highest BCUT2D eigenvalue weighted by Gasteiger charge is 2.29. The summed E-state index contributed by atoms with van der Waals surface area (Å²) in [5.74, 6) is 0.297. The number of aromatic nitrogens is 3. The van der Waals surface area contributed by atoms with Crippen molar-refractivity contribution in [3.05, 3.63) is 73.7 Å². The van der Waals surface area contributed by atoms with Crippen LogP contribution in [0.5, 0.6) is 0 Å². The maximum Gasteiger partial charge on any atom is 0.276 e. The Hall–Kier alpha value is -2.13. The highest BCUT2D eigenvalue weighted by atomic mass is 35.5. The molecule has 7 nitrogen and oxygen atoms in total. The molecule has 172 valence electrons. The number of H-pyrrole nitrogens is 1. The molecule has 32 heavy (non-hydrogen) atoms. The number of hydrogen-bond donors (Lipinski definition) is 1.